The summed E-state index contributed by atoms with van der Waals surface area (Å²) in [6.07, 6.45) is -3.85. The van der Waals surface area contributed by atoms with E-state index >= 15 is 0 Å². The molecule has 2 rings (SSSR count). The van der Waals surface area contributed by atoms with Crippen LogP contribution >= 0.6 is 0 Å². The number of nitrogens with zero attached hydrogens (tertiary/aromatic N) is 2. The van der Waals surface area contributed by atoms with E-state index in [1.54, 1.807) is 6.92 Å². The smallest absolute Gasteiger partial charge is 0.331 e. The summed E-state index contributed by atoms with van der Waals surface area (Å²) in [6.45, 7) is 1.40. The number of amides is 2. The molecule has 1 N–H and O–H groups in total. The minimum absolute atomic E-state index is 0.117. The molecule has 1 aromatic rings. The zero-order valence-corrected chi connectivity index (χ0v) is 13.7. The lowest BCUT2D eigenvalue weighted by molar-refractivity contribution is -0.145. The zero-order valence-electron chi connectivity index (χ0n) is 13.7. The Balaban J connectivity index is 1.92. The van der Waals surface area contributed by atoms with Crippen LogP contribution < -0.4 is 5.32 Å². The third kappa shape index (κ3) is 5.84. The highest BCUT2D eigenvalue weighted by Gasteiger charge is 2.32. The van der Waals surface area contributed by atoms with Crippen LogP contribution in [0.3, 0.4) is 0 Å². The van der Waals surface area contributed by atoms with Gasteiger partial charge in [-0.3, -0.25) is 4.90 Å². The van der Waals surface area contributed by atoms with Crippen molar-refractivity contribution in [1.82, 2.24) is 15.1 Å². The maximum absolute atomic E-state index is 13.7. The number of hydrogen-bond acceptors (Lipinski definition) is 2. The molecule has 0 bridgehead atoms. The Morgan fingerprint density at radius 1 is 1.20 bits per heavy atom. The van der Waals surface area contributed by atoms with Crippen LogP contribution in [0.15, 0.2) is 18.2 Å². The maximum Gasteiger partial charge on any atom is 0.401 e. The molecule has 2 amide bonds. The minimum atomic E-state index is -4.27. The van der Waals surface area contributed by atoms with Crippen molar-refractivity contribution in [3.8, 4) is 0 Å². The van der Waals surface area contributed by atoms with Crippen molar-refractivity contribution in [2.75, 3.05) is 32.7 Å². The number of benzene rings is 1. The average Bonchev–Trinajstić information content (AvgIpc) is 2.70. The van der Waals surface area contributed by atoms with E-state index in [0.29, 0.717) is 13.0 Å². The molecule has 1 aliphatic rings. The quantitative estimate of drug-likeness (QED) is 0.835. The summed E-state index contributed by atoms with van der Waals surface area (Å²) in [4.78, 5) is 15.0. The number of nitrogens with one attached hydrogen (secondary N) is 1. The van der Waals surface area contributed by atoms with Gasteiger partial charge in [0.1, 0.15) is 11.6 Å². The number of alkyl halides is 3. The summed E-state index contributed by atoms with van der Waals surface area (Å²) in [6, 6.07) is 1.91. The first-order valence-electron chi connectivity index (χ1n) is 7.95. The van der Waals surface area contributed by atoms with Gasteiger partial charge in [0.15, 0.2) is 0 Å². The third-order valence-electron chi connectivity index (χ3n) is 4.05. The van der Waals surface area contributed by atoms with Crippen molar-refractivity contribution in [1.29, 1.82) is 0 Å². The average molecular weight is 365 g/mol. The van der Waals surface area contributed by atoms with Gasteiger partial charge in [0.05, 0.1) is 12.6 Å². The van der Waals surface area contributed by atoms with E-state index in [9.17, 15) is 26.7 Å². The first-order valence-corrected chi connectivity index (χ1v) is 7.95. The number of hydrogen-bond donors (Lipinski definition) is 1. The molecule has 0 aliphatic carbocycles. The van der Waals surface area contributed by atoms with Gasteiger partial charge in [-0.1, -0.05) is 6.07 Å². The summed E-state index contributed by atoms with van der Waals surface area (Å²) in [5.74, 6) is -1.47. The Labute approximate surface area is 142 Å². The van der Waals surface area contributed by atoms with Crippen molar-refractivity contribution in [2.45, 2.75) is 25.6 Å². The van der Waals surface area contributed by atoms with Crippen molar-refractivity contribution < 1.29 is 26.7 Å². The molecule has 1 fully saturated rings. The highest BCUT2D eigenvalue weighted by molar-refractivity contribution is 5.74. The largest absolute Gasteiger partial charge is 0.401 e. The summed E-state index contributed by atoms with van der Waals surface area (Å²) in [7, 11) is 0. The molecule has 1 heterocycles. The van der Waals surface area contributed by atoms with Crippen LogP contribution in [0.1, 0.15) is 24.9 Å². The van der Waals surface area contributed by atoms with Crippen molar-refractivity contribution >= 4 is 6.03 Å². The first kappa shape index (κ1) is 19.4. The van der Waals surface area contributed by atoms with E-state index in [2.05, 4.69) is 5.32 Å². The predicted octanol–water partition coefficient (Wildman–Crippen LogP) is 3.31. The summed E-state index contributed by atoms with van der Waals surface area (Å²) < 4.78 is 64.1. The fourth-order valence-electron chi connectivity index (χ4n) is 2.79. The number of carbonyl (C=O) groups excluding carboxylic acids is 1. The molecule has 0 saturated carbocycles. The molecule has 1 aliphatic heterocycles. The molecule has 25 heavy (non-hydrogen) atoms. The van der Waals surface area contributed by atoms with Crippen LogP contribution in [0, 0.1) is 11.6 Å². The van der Waals surface area contributed by atoms with Gasteiger partial charge in [-0.05, 0) is 19.4 Å². The van der Waals surface area contributed by atoms with E-state index in [1.807, 2.05) is 0 Å². The van der Waals surface area contributed by atoms with Gasteiger partial charge in [-0.15, -0.1) is 0 Å². The molecule has 0 radical (unpaired) electrons. The van der Waals surface area contributed by atoms with Crippen molar-refractivity contribution in [3.05, 3.63) is 35.4 Å². The highest BCUT2D eigenvalue weighted by atomic mass is 19.4. The van der Waals surface area contributed by atoms with Crippen molar-refractivity contribution in [2.24, 2.45) is 0 Å². The van der Waals surface area contributed by atoms with E-state index in [0.717, 1.165) is 12.1 Å². The standard InChI is InChI=1S/C16H20F5N3O/c1-11(13-4-3-12(17)9-14(13)18)22-15(25)24-6-2-5-23(7-8-24)10-16(19,20)21/h3-4,9,11H,2,5-8,10H2,1H3,(H,22,25). The molecule has 1 unspecified atom stereocenters. The molecule has 4 nitrogen and oxygen atoms in total. The molecule has 1 atom stereocenters. The van der Waals surface area contributed by atoms with Crippen LogP contribution in [-0.2, 0) is 0 Å². The molecule has 140 valence electrons. The second-order valence-corrected chi connectivity index (χ2v) is 6.07. The molecule has 1 aromatic carbocycles. The van der Waals surface area contributed by atoms with Crippen LogP contribution in [0.2, 0.25) is 0 Å². The molecule has 0 spiro atoms. The van der Waals surface area contributed by atoms with Crippen LogP contribution in [-0.4, -0.2) is 54.7 Å². The van der Waals surface area contributed by atoms with Gasteiger partial charge in [0.25, 0.3) is 0 Å². The molecule has 0 aromatic heterocycles. The molecule has 9 heteroatoms. The Kier molecular flexibility index (Phi) is 6.21. The number of carbonyl (C=O) groups is 1. The predicted molar refractivity (Wildman–Crippen MR) is 82.0 cm³/mol. The lowest BCUT2D eigenvalue weighted by atomic mass is 10.1. The Bertz CT molecular complexity index is 608. The van der Waals surface area contributed by atoms with Gasteiger partial charge in [-0.2, -0.15) is 13.2 Å². The van der Waals surface area contributed by atoms with Crippen molar-refractivity contribution in [3.63, 3.8) is 0 Å². The van der Waals surface area contributed by atoms with Crippen LogP contribution in [0.5, 0.6) is 0 Å². The van der Waals surface area contributed by atoms with Gasteiger partial charge in [-0.25, -0.2) is 13.6 Å². The zero-order chi connectivity index (χ0) is 18.6. The van der Waals surface area contributed by atoms with Crippen LogP contribution in [0.4, 0.5) is 26.7 Å². The Hall–Kier alpha value is -1.90. The molecular formula is C16H20F5N3O. The summed E-state index contributed by atoms with van der Waals surface area (Å²) in [5.41, 5.74) is 0.142. The normalized spacial score (nSPS) is 17.9. The van der Waals surface area contributed by atoms with E-state index in [-0.39, 0.29) is 25.2 Å². The second kappa shape index (κ2) is 7.99. The van der Waals surface area contributed by atoms with Gasteiger partial charge in [0, 0.05) is 37.8 Å². The lowest BCUT2D eigenvalue weighted by Gasteiger charge is -2.25. The van der Waals surface area contributed by atoms with Gasteiger partial charge < -0.3 is 10.2 Å². The highest BCUT2D eigenvalue weighted by Crippen LogP contribution is 2.19. The third-order valence-corrected chi connectivity index (χ3v) is 4.05. The summed E-state index contributed by atoms with van der Waals surface area (Å²) >= 11 is 0. The first-order chi connectivity index (χ1) is 11.7. The van der Waals surface area contributed by atoms with Crippen LogP contribution in [0.25, 0.3) is 0 Å². The second-order valence-electron chi connectivity index (χ2n) is 6.07. The number of rotatable bonds is 3. The lowest BCUT2D eigenvalue weighted by Crippen LogP contribution is -2.43. The SMILES string of the molecule is CC(NC(=O)N1CCCN(CC(F)(F)F)CC1)c1ccc(F)cc1F. The van der Waals surface area contributed by atoms with E-state index < -0.39 is 36.4 Å². The molecule has 1 saturated heterocycles. The maximum atomic E-state index is 13.7. The summed E-state index contributed by atoms with van der Waals surface area (Å²) in [5, 5.41) is 2.60. The fraction of sp³-hybridized carbons (Fsp3) is 0.562. The Morgan fingerprint density at radius 2 is 1.92 bits per heavy atom. The van der Waals surface area contributed by atoms with E-state index in [4.69, 9.17) is 0 Å². The molecular weight excluding hydrogens is 345 g/mol. The minimum Gasteiger partial charge on any atom is -0.331 e. The van der Waals surface area contributed by atoms with Gasteiger partial charge >= 0.3 is 12.2 Å². The number of halogens is 5. The fourth-order valence-corrected chi connectivity index (χ4v) is 2.79. The Morgan fingerprint density at radius 3 is 2.56 bits per heavy atom. The van der Waals surface area contributed by atoms with E-state index in [1.165, 1.54) is 15.9 Å². The topological polar surface area (TPSA) is 35.6 Å². The number of urea groups is 1. The monoisotopic (exact) mass is 365 g/mol. The van der Waals surface area contributed by atoms with Gasteiger partial charge in [0.2, 0.25) is 0 Å².